The Balaban J connectivity index is 0.989. The minimum absolute atomic E-state index is 0.0432. The van der Waals surface area contributed by atoms with Gasteiger partial charge in [0.25, 0.3) is 5.91 Å². The molecule has 0 radical (unpaired) electrons. The van der Waals surface area contributed by atoms with E-state index in [0.29, 0.717) is 59.4 Å². The number of aliphatic hydroxyl groups excluding tert-OH is 1. The smallest absolute Gasteiger partial charge is 0.349 e. The van der Waals surface area contributed by atoms with E-state index in [1.807, 2.05) is 4.90 Å². The first-order chi connectivity index (χ1) is 25.1. The molecule has 8 rings (SSSR count). The zero-order valence-electron chi connectivity index (χ0n) is 27.7. The highest BCUT2D eigenvalue weighted by Gasteiger charge is 2.36. The summed E-state index contributed by atoms with van der Waals surface area (Å²) in [4.78, 5) is 65.5. The number of fused-ring (bicyclic) bond motifs is 2. The fraction of sp³-hybridized carbons (Fsp3) is 0.371. The molecule has 0 bridgehead atoms. The molecule has 4 aromatic rings. The predicted molar refractivity (Wildman–Crippen MR) is 194 cm³/mol. The molecule has 270 valence electrons. The van der Waals surface area contributed by atoms with Crippen molar-refractivity contribution in [2.45, 2.75) is 37.0 Å². The fourth-order valence-electron chi connectivity index (χ4n) is 6.93. The van der Waals surface area contributed by atoms with Gasteiger partial charge < -0.3 is 24.4 Å². The van der Waals surface area contributed by atoms with Crippen molar-refractivity contribution >= 4 is 69.0 Å². The van der Waals surface area contributed by atoms with Gasteiger partial charge in [0.1, 0.15) is 22.5 Å². The molecule has 1 saturated carbocycles. The van der Waals surface area contributed by atoms with E-state index in [-0.39, 0.29) is 65.8 Å². The number of hydrogen-bond acceptors (Lipinski definition) is 11. The Hall–Kier alpha value is -4.61. The number of thioether (sulfide) groups is 1. The number of benzene rings is 2. The summed E-state index contributed by atoms with van der Waals surface area (Å²) in [6, 6.07) is 9.49. The molecular formula is C35H33ClFN7O7S. The van der Waals surface area contributed by atoms with Crippen LogP contribution in [0.15, 0.2) is 63.4 Å². The van der Waals surface area contributed by atoms with E-state index in [4.69, 9.17) is 16.3 Å². The van der Waals surface area contributed by atoms with Gasteiger partial charge in [-0.3, -0.25) is 24.0 Å². The van der Waals surface area contributed by atoms with Gasteiger partial charge in [-0.15, -0.1) is 11.8 Å². The number of ether oxygens (including phenoxy) is 1. The first-order valence-electron chi connectivity index (χ1n) is 16.8. The lowest BCUT2D eigenvalue weighted by Crippen LogP contribution is -2.51. The average molecular weight is 750 g/mol. The topological polar surface area (TPSA) is 163 Å². The Kier molecular flexibility index (Phi) is 9.11. The number of carboxylic acids is 1. The Labute approximate surface area is 304 Å². The number of carbonyl (C=O) groups excluding carboxylic acids is 1. The molecule has 5 heterocycles. The van der Waals surface area contributed by atoms with Crippen LogP contribution >= 0.6 is 23.4 Å². The van der Waals surface area contributed by atoms with Crippen LogP contribution in [0.4, 0.5) is 21.6 Å². The highest BCUT2D eigenvalue weighted by atomic mass is 35.5. The van der Waals surface area contributed by atoms with E-state index in [1.165, 1.54) is 22.5 Å². The number of halogens is 2. The van der Waals surface area contributed by atoms with Crippen molar-refractivity contribution in [2.75, 3.05) is 55.0 Å². The van der Waals surface area contributed by atoms with Crippen LogP contribution in [0.25, 0.3) is 10.9 Å². The van der Waals surface area contributed by atoms with Gasteiger partial charge in [-0.25, -0.2) is 19.0 Å². The number of aromatic carboxylic acids is 1. The molecule has 17 heteroatoms. The van der Waals surface area contributed by atoms with E-state index in [1.54, 1.807) is 46.0 Å². The lowest BCUT2D eigenvalue weighted by molar-refractivity contribution is -0.112. The summed E-state index contributed by atoms with van der Waals surface area (Å²) in [6.45, 7) is 2.25. The Morgan fingerprint density at radius 1 is 1.08 bits per heavy atom. The maximum Gasteiger partial charge on any atom is 0.349 e. The zero-order chi connectivity index (χ0) is 36.3. The Morgan fingerprint density at radius 2 is 1.87 bits per heavy atom. The number of nitrogens with zero attached hydrogens (tertiary/aromatic N) is 7. The number of carbonyl (C=O) groups is 2. The van der Waals surface area contributed by atoms with Crippen molar-refractivity contribution in [3.8, 4) is 0 Å². The van der Waals surface area contributed by atoms with Gasteiger partial charge in [-0.2, -0.15) is 4.98 Å². The summed E-state index contributed by atoms with van der Waals surface area (Å²) in [6.07, 6.45) is 4.38. The van der Waals surface area contributed by atoms with E-state index < -0.39 is 22.9 Å². The molecule has 1 amide bonds. The lowest BCUT2D eigenvalue weighted by atomic mass is 10.1. The molecule has 52 heavy (non-hydrogen) atoms. The summed E-state index contributed by atoms with van der Waals surface area (Å²) in [5.74, 6) is -1.61. The quantitative estimate of drug-likeness (QED) is 0.259. The SMILES string of the molecule is O=C(O)c1cn(C2CC2)c2cc(N3CCN(CN4C(=O)C(=Nc5ccn(CC6CSC(CO)O6)c(=O)n5)c5cc(Cl)ccc54)CC3)c(F)cc2c1=O. The van der Waals surface area contributed by atoms with Crippen molar-refractivity contribution in [1.29, 1.82) is 0 Å². The number of aliphatic imine (C=N–C) groups is 1. The number of amides is 1. The molecule has 2 aromatic carbocycles. The molecule has 0 spiro atoms. The third-order valence-corrected chi connectivity index (χ3v) is 11.2. The van der Waals surface area contributed by atoms with Crippen molar-refractivity contribution in [1.82, 2.24) is 19.0 Å². The maximum absolute atomic E-state index is 15.6. The molecule has 2 saturated heterocycles. The van der Waals surface area contributed by atoms with Crippen LogP contribution in [0, 0.1) is 5.82 Å². The summed E-state index contributed by atoms with van der Waals surface area (Å²) in [5, 5.41) is 19.3. The van der Waals surface area contributed by atoms with Crippen LogP contribution < -0.4 is 20.9 Å². The summed E-state index contributed by atoms with van der Waals surface area (Å²) < 4.78 is 24.5. The van der Waals surface area contributed by atoms with E-state index in [9.17, 15) is 29.4 Å². The predicted octanol–water partition coefficient (Wildman–Crippen LogP) is 3.08. The molecule has 2 aromatic heterocycles. The monoisotopic (exact) mass is 749 g/mol. The van der Waals surface area contributed by atoms with Crippen molar-refractivity contribution in [3.05, 3.63) is 91.5 Å². The van der Waals surface area contributed by atoms with Gasteiger partial charge in [0.15, 0.2) is 5.82 Å². The number of rotatable bonds is 9. The third kappa shape index (κ3) is 6.49. The lowest BCUT2D eigenvalue weighted by Gasteiger charge is -2.38. The van der Waals surface area contributed by atoms with Crippen molar-refractivity contribution in [3.63, 3.8) is 0 Å². The van der Waals surface area contributed by atoms with Crippen LogP contribution in [-0.4, -0.2) is 104 Å². The minimum atomic E-state index is -1.34. The fourth-order valence-corrected chi connectivity index (χ4v) is 8.05. The van der Waals surface area contributed by atoms with E-state index in [2.05, 4.69) is 14.9 Å². The molecule has 2 N–H and O–H groups in total. The molecule has 4 aliphatic rings. The average Bonchev–Trinajstić information content (AvgIpc) is 3.82. The summed E-state index contributed by atoms with van der Waals surface area (Å²) >= 11 is 7.82. The number of carboxylic acid groups (broad SMARTS) is 1. The molecular weight excluding hydrogens is 717 g/mol. The largest absolute Gasteiger partial charge is 0.477 e. The molecule has 3 fully saturated rings. The van der Waals surface area contributed by atoms with Crippen LogP contribution in [0.3, 0.4) is 0 Å². The van der Waals surface area contributed by atoms with Gasteiger partial charge in [0, 0.05) is 66.3 Å². The van der Waals surface area contributed by atoms with E-state index >= 15 is 4.39 Å². The van der Waals surface area contributed by atoms with Gasteiger partial charge in [-0.05, 0) is 49.2 Å². The van der Waals surface area contributed by atoms with Crippen LogP contribution in [0.1, 0.15) is 34.8 Å². The maximum atomic E-state index is 15.6. The number of anilines is 2. The summed E-state index contributed by atoms with van der Waals surface area (Å²) in [5.41, 5.74) is 0.119. The molecule has 2 atom stereocenters. The van der Waals surface area contributed by atoms with Crippen molar-refractivity contribution in [2.24, 2.45) is 4.99 Å². The van der Waals surface area contributed by atoms with Gasteiger partial charge in [0.05, 0.1) is 42.8 Å². The second-order valence-electron chi connectivity index (χ2n) is 13.2. The second-order valence-corrected chi connectivity index (χ2v) is 14.8. The number of aromatic nitrogens is 3. The molecule has 14 nitrogen and oxygen atoms in total. The number of pyridine rings is 1. The molecule has 2 unspecified atom stereocenters. The first kappa shape index (κ1) is 34.5. The highest BCUT2D eigenvalue weighted by molar-refractivity contribution is 8.00. The molecule has 3 aliphatic heterocycles. The summed E-state index contributed by atoms with van der Waals surface area (Å²) in [7, 11) is 0. The normalized spacial score (nSPS) is 21.4. The minimum Gasteiger partial charge on any atom is -0.477 e. The first-order valence-corrected chi connectivity index (χ1v) is 18.3. The van der Waals surface area contributed by atoms with Crippen molar-refractivity contribution < 1.29 is 28.9 Å². The van der Waals surface area contributed by atoms with Gasteiger partial charge in [0.2, 0.25) is 5.43 Å². The van der Waals surface area contributed by atoms with Crippen LogP contribution in [-0.2, 0) is 16.1 Å². The van der Waals surface area contributed by atoms with Crippen LogP contribution in [0.5, 0.6) is 0 Å². The Morgan fingerprint density at radius 3 is 2.56 bits per heavy atom. The highest BCUT2D eigenvalue weighted by Crippen LogP contribution is 2.38. The third-order valence-electron chi connectivity index (χ3n) is 9.73. The molecule has 1 aliphatic carbocycles. The number of aliphatic hydroxyl groups is 1. The number of piperazine rings is 1. The van der Waals surface area contributed by atoms with Gasteiger partial charge >= 0.3 is 11.7 Å². The van der Waals surface area contributed by atoms with Crippen LogP contribution in [0.2, 0.25) is 5.02 Å². The number of hydrogen-bond donors (Lipinski definition) is 2. The van der Waals surface area contributed by atoms with Gasteiger partial charge in [-0.1, -0.05) is 11.6 Å². The zero-order valence-corrected chi connectivity index (χ0v) is 29.2. The Bertz CT molecular complexity index is 2270. The van der Waals surface area contributed by atoms with E-state index in [0.717, 1.165) is 18.9 Å². The second kappa shape index (κ2) is 13.7. The standard InChI is InChI=1S/C35H33ClFN7O7S/c36-19-1-4-26-22(11-19)31(38-29-5-6-42(35(50)39-29)14-21-17-52-30(16-45)51-21)33(47)44(26)18-40-7-9-41(10-8-40)28-13-27-23(12-25(28)37)32(46)24(34(48)49)15-43(27)20-2-3-20/h1,4-6,11-13,15,20-21,30,45H,2-3,7-10,14,16-18H2,(H,48,49).